The predicted octanol–water partition coefficient (Wildman–Crippen LogP) is 1.81. The van der Waals surface area contributed by atoms with E-state index in [1.165, 1.54) is 6.42 Å². The standard InChI is InChI=1S/C20H28N4O3.ClH/c21-17(25)7-8-23-19(26)14-5-2-6-16(11-14)24-20(27)15-9-12-3-1-4-13(10-15)18(12)22;/h2,5-6,11-13,15,18H,1,3-4,7-10,22H2,(H2,21,25)(H,23,26)(H,24,27);1H. The summed E-state index contributed by atoms with van der Waals surface area (Å²) < 4.78 is 0. The number of carbonyl (C=O) groups excluding carboxylic acids is 3. The highest BCUT2D eigenvalue weighted by Gasteiger charge is 2.40. The first-order valence-corrected chi connectivity index (χ1v) is 9.67. The van der Waals surface area contributed by atoms with E-state index in [1.807, 2.05) is 0 Å². The Morgan fingerprint density at radius 1 is 1.11 bits per heavy atom. The van der Waals surface area contributed by atoms with Gasteiger partial charge in [0.05, 0.1) is 0 Å². The largest absolute Gasteiger partial charge is 0.370 e. The average molecular weight is 409 g/mol. The molecule has 154 valence electrons. The Morgan fingerprint density at radius 3 is 2.43 bits per heavy atom. The minimum absolute atomic E-state index is 0. The summed E-state index contributed by atoms with van der Waals surface area (Å²) in [6.45, 7) is 0.190. The molecule has 8 heteroatoms. The number of halogens is 1. The fourth-order valence-electron chi connectivity index (χ4n) is 4.39. The molecule has 1 aromatic carbocycles. The number of fused-ring (bicyclic) bond motifs is 2. The summed E-state index contributed by atoms with van der Waals surface area (Å²) in [6.07, 6.45) is 5.22. The van der Waals surface area contributed by atoms with Crippen molar-refractivity contribution in [2.24, 2.45) is 29.2 Å². The summed E-state index contributed by atoms with van der Waals surface area (Å²) >= 11 is 0. The molecule has 2 atom stereocenters. The molecule has 0 heterocycles. The fraction of sp³-hybridized carbons (Fsp3) is 0.550. The minimum Gasteiger partial charge on any atom is -0.370 e. The van der Waals surface area contributed by atoms with Gasteiger partial charge in [-0.05, 0) is 55.7 Å². The number of amides is 3. The molecule has 6 N–H and O–H groups in total. The number of rotatable bonds is 6. The van der Waals surface area contributed by atoms with E-state index in [0.29, 0.717) is 23.1 Å². The molecule has 0 spiro atoms. The van der Waals surface area contributed by atoms with Gasteiger partial charge in [-0.2, -0.15) is 0 Å². The monoisotopic (exact) mass is 408 g/mol. The second-order valence-corrected chi connectivity index (χ2v) is 7.74. The van der Waals surface area contributed by atoms with Crippen LogP contribution in [-0.2, 0) is 9.59 Å². The molecule has 2 bridgehead atoms. The Hall–Kier alpha value is -2.12. The molecule has 0 radical (unpaired) electrons. The second kappa shape index (κ2) is 9.89. The van der Waals surface area contributed by atoms with Crippen LogP contribution in [-0.4, -0.2) is 30.3 Å². The number of nitrogens with one attached hydrogen (secondary N) is 2. The van der Waals surface area contributed by atoms with E-state index >= 15 is 0 Å². The van der Waals surface area contributed by atoms with Crippen LogP contribution < -0.4 is 22.1 Å². The van der Waals surface area contributed by atoms with Gasteiger partial charge in [0.25, 0.3) is 5.91 Å². The van der Waals surface area contributed by atoms with Crippen LogP contribution in [0.2, 0.25) is 0 Å². The molecule has 2 fully saturated rings. The van der Waals surface area contributed by atoms with Crippen molar-refractivity contribution in [1.29, 1.82) is 0 Å². The molecule has 0 aromatic heterocycles. The van der Waals surface area contributed by atoms with E-state index in [0.717, 1.165) is 25.7 Å². The van der Waals surface area contributed by atoms with Crippen molar-refractivity contribution in [3.05, 3.63) is 29.8 Å². The molecule has 1 aromatic rings. The maximum absolute atomic E-state index is 12.7. The highest BCUT2D eigenvalue weighted by molar-refractivity contribution is 5.97. The molecule has 0 aliphatic heterocycles. The van der Waals surface area contributed by atoms with Gasteiger partial charge < -0.3 is 22.1 Å². The van der Waals surface area contributed by atoms with Crippen molar-refractivity contribution in [1.82, 2.24) is 5.32 Å². The van der Waals surface area contributed by atoms with Gasteiger partial charge >= 0.3 is 0 Å². The molecule has 2 saturated carbocycles. The van der Waals surface area contributed by atoms with Crippen molar-refractivity contribution in [3.63, 3.8) is 0 Å². The van der Waals surface area contributed by atoms with Gasteiger partial charge in [0, 0.05) is 36.2 Å². The maximum atomic E-state index is 12.7. The lowest BCUT2D eigenvalue weighted by molar-refractivity contribution is -0.122. The molecule has 0 saturated heterocycles. The molecular formula is C20H29ClN4O3. The van der Waals surface area contributed by atoms with E-state index in [2.05, 4.69) is 10.6 Å². The van der Waals surface area contributed by atoms with Gasteiger partial charge in [-0.3, -0.25) is 14.4 Å². The number of benzene rings is 1. The molecule has 28 heavy (non-hydrogen) atoms. The van der Waals surface area contributed by atoms with Gasteiger partial charge in [0.2, 0.25) is 11.8 Å². The zero-order valence-corrected chi connectivity index (χ0v) is 16.7. The molecule has 2 aliphatic rings. The summed E-state index contributed by atoms with van der Waals surface area (Å²) in [5, 5.41) is 5.59. The van der Waals surface area contributed by atoms with Crippen LogP contribution in [0.15, 0.2) is 24.3 Å². The lowest BCUT2D eigenvalue weighted by Crippen LogP contribution is -2.48. The molecule has 3 amide bonds. The second-order valence-electron chi connectivity index (χ2n) is 7.74. The van der Waals surface area contributed by atoms with E-state index in [-0.39, 0.29) is 49.1 Å². The van der Waals surface area contributed by atoms with Gasteiger partial charge in [0.1, 0.15) is 0 Å². The SMILES string of the molecule is Cl.NC(=O)CCNC(=O)c1cccc(NC(=O)C2CC3CCCC(C2)C3N)c1. The first kappa shape index (κ1) is 22.2. The fourth-order valence-corrected chi connectivity index (χ4v) is 4.39. The Balaban J connectivity index is 0.00000280. The highest BCUT2D eigenvalue weighted by Crippen LogP contribution is 2.42. The van der Waals surface area contributed by atoms with Gasteiger partial charge in [-0.15, -0.1) is 12.4 Å². The summed E-state index contributed by atoms with van der Waals surface area (Å²) in [6, 6.07) is 7.04. The number of primary amides is 1. The average Bonchev–Trinajstić information content (AvgIpc) is 2.61. The predicted molar refractivity (Wildman–Crippen MR) is 110 cm³/mol. The number of anilines is 1. The van der Waals surface area contributed by atoms with E-state index in [1.54, 1.807) is 24.3 Å². The van der Waals surface area contributed by atoms with Crippen LogP contribution in [0.25, 0.3) is 0 Å². The van der Waals surface area contributed by atoms with Crippen molar-refractivity contribution in [2.45, 2.75) is 44.6 Å². The highest BCUT2D eigenvalue weighted by atomic mass is 35.5. The summed E-state index contributed by atoms with van der Waals surface area (Å²) in [5.41, 5.74) is 12.4. The number of nitrogens with two attached hydrogens (primary N) is 2. The van der Waals surface area contributed by atoms with Crippen molar-refractivity contribution in [2.75, 3.05) is 11.9 Å². The summed E-state index contributed by atoms with van der Waals surface area (Å²) in [5.74, 6) is 0.100. The van der Waals surface area contributed by atoms with Crippen molar-refractivity contribution >= 4 is 35.8 Å². The van der Waals surface area contributed by atoms with Crippen LogP contribution in [0.5, 0.6) is 0 Å². The maximum Gasteiger partial charge on any atom is 0.251 e. The van der Waals surface area contributed by atoms with Crippen molar-refractivity contribution < 1.29 is 14.4 Å². The third-order valence-electron chi connectivity index (χ3n) is 5.83. The Labute approximate surface area is 171 Å². The quantitative estimate of drug-likeness (QED) is 0.572. The molecule has 2 aliphatic carbocycles. The molecule has 7 nitrogen and oxygen atoms in total. The van der Waals surface area contributed by atoms with E-state index in [4.69, 9.17) is 11.5 Å². The number of hydrogen-bond donors (Lipinski definition) is 4. The molecule has 3 rings (SSSR count). The van der Waals surface area contributed by atoms with Crippen LogP contribution >= 0.6 is 12.4 Å². The van der Waals surface area contributed by atoms with Gasteiger partial charge in [0.15, 0.2) is 0 Å². The number of carbonyl (C=O) groups is 3. The topological polar surface area (TPSA) is 127 Å². The Bertz CT molecular complexity index is 713. The normalized spacial score (nSPS) is 25.9. The first-order valence-electron chi connectivity index (χ1n) is 9.67. The number of hydrogen-bond acceptors (Lipinski definition) is 4. The Kier molecular flexibility index (Phi) is 7.83. The summed E-state index contributed by atoms with van der Waals surface area (Å²) in [4.78, 5) is 35.6. The van der Waals surface area contributed by atoms with Crippen LogP contribution in [0.1, 0.15) is 48.9 Å². The minimum atomic E-state index is -0.465. The van der Waals surface area contributed by atoms with Gasteiger partial charge in [-0.25, -0.2) is 0 Å². The third kappa shape index (κ3) is 5.45. The smallest absolute Gasteiger partial charge is 0.251 e. The lowest BCUT2D eigenvalue weighted by Gasteiger charge is -2.43. The zero-order chi connectivity index (χ0) is 19.4. The van der Waals surface area contributed by atoms with Gasteiger partial charge in [-0.1, -0.05) is 12.5 Å². The van der Waals surface area contributed by atoms with E-state index in [9.17, 15) is 14.4 Å². The van der Waals surface area contributed by atoms with Crippen LogP contribution in [0.4, 0.5) is 5.69 Å². The van der Waals surface area contributed by atoms with Crippen molar-refractivity contribution in [3.8, 4) is 0 Å². The molecular weight excluding hydrogens is 380 g/mol. The van der Waals surface area contributed by atoms with Crippen LogP contribution in [0, 0.1) is 17.8 Å². The lowest BCUT2D eigenvalue weighted by atomic mass is 9.65. The zero-order valence-electron chi connectivity index (χ0n) is 15.9. The van der Waals surface area contributed by atoms with Crippen LogP contribution in [0.3, 0.4) is 0 Å². The third-order valence-corrected chi connectivity index (χ3v) is 5.83. The van der Waals surface area contributed by atoms with E-state index < -0.39 is 5.91 Å². The molecule has 2 unspecified atom stereocenters. The Morgan fingerprint density at radius 2 is 1.79 bits per heavy atom. The summed E-state index contributed by atoms with van der Waals surface area (Å²) in [7, 11) is 0. The first-order chi connectivity index (χ1) is 12.9.